The SMILES string of the molecule is ON=C(c1cccc(Cl)c1Cl)N1CCN(c2ccccc2Cl)CC1. The third-order valence-corrected chi connectivity index (χ3v) is 5.20. The first-order valence-electron chi connectivity index (χ1n) is 7.52. The first kappa shape index (κ1) is 17.2. The lowest BCUT2D eigenvalue weighted by molar-refractivity contribution is 0.296. The van der Waals surface area contributed by atoms with Crippen LogP contribution < -0.4 is 4.90 Å². The molecule has 24 heavy (non-hydrogen) atoms. The molecule has 2 aromatic rings. The van der Waals surface area contributed by atoms with Crippen LogP contribution in [-0.2, 0) is 0 Å². The quantitative estimate of drug-likeness (QED) is 0.356. The zero-order chi connectivity index (χ0) is 17.1. The molecule has 1 aliphatic heterocycles. The average Bonchev–Trinajstić information content (AvgIpc) is 2.60. The van der Waals surface area contributed by atoms with E-state index in [2.05, 4.69) is 10.1 Å². The van der Waals surface area contributed by atoms with Gasteiger partial charge in [0, 0.05) is 31.7 Å². The summed E-state index contributed by atoms with van der Waals surface area (Å²) in [6.45, 7) is 2.91. The number of oxime groups is 1. The van der Waals surface area contributed by atoms with Crippen LogP contribution in [0, 0.1) is 0 Å². The summed E-state index contributed by atoms with van der Waals surface area (Å²) < 4.78 is 0. The predicted octanol–water partition coefficient (Wildman–Crippen LogP) is 4.60. The molecule has 0 aromatic heterocycles. The molecular formula is C17H16Cl3N3O. The molecule has 1 saturated heterocycles. The van der Waals surface area contributed by atoms with Crippen molar-refractivity contribution >= 4 is 46.3 Å². The number of hydrogen-bond donors (Lipinski definition) is 1. The van der Waals surface area contributed by atoms with Gasteiger partial charge in [-0.2, -0.15) is 0 Å². The monoisotopic (exact) mass is 383 g/mol. The van der Waals surface area contributed by atoms with Gasteiger partial charge < -0.3 is 15.0 Å². The molecule has 4 nitrogen and oxygen atoms in total. The zero-order valence-corrected chi connectivity index (χ0v) is 15.1. The van der Waals surface area contributed by atoms with Gasteiger partial charge in [0.25, 0.3) is 0 Å². The number of rotatable bonds is 2. The Kier molecular flexibility index (Phi) is 5.39. The Morgan fingerprint density at radius 2 is 1.54 bits per heavy atom. The van der Waals surface area contributed by atoms with E-state index < -0.39 is 0 Å². The highest BCUT2D eigenvalue weighted by molar-refractivity contribution is 6.44. The maximum Gasteiger partial charge on any atom is 0.176 e. The fraction of sp³-hybridized carbons (Fsp3) is 0.235. The number of piperazine rings is 1. The van der Waals surface area contributed by atoms with Gasteiger partial charge in [0.05, 0.1) is 20.8 Å². The molecule has 3 rings (SSSR count). The smallest absolute Gasteiger partial charge is 0.176 e. The summed E-state index contributed by atoms with van der Waals surface area (Å²) in [4.78, 5) is 4.21. The highest BCUT2D eigenvalue weighted by Crippen LogP contribution is 2.29. The molecule has 0 bridgehead atoms. The van der Waals surface area contributed by atoms with Gasteiger partial charge in [-0.3, -0.25) is 0 Å². The minimum absolute atomic E-state index is 0.389. The standard InChI is InChI=1S/C17H16Cl3N3O/c18-13-5-1-2-7-15(13)22-8-10-23(11-9-22)17(21-24)12-4-3-6-14(19)16(12)20/h1-7,24H,8-11H2. The molecule has 1 aliphatic rings. The Labute approximate surface area is 155 Å². The van der Waals surface area contributed by atoms with E-state index in [0.717, 1.165) is 23.8 Å². The zero-order valence-electron chi connectivity index (χ0n) is 12.8. The van der Waals surface area contributed by atoms with E-state index in [0.29, 0.717) is 34.5 Å². The molecule has 0 radical (unpaired) electrons. The van der Waals surface area contributed by atoms with Crippen molar-refractivity contribution in [2.75, 3.05) is 31.1 Å². The highest BCUT2D eigenvalue weighted by atomic mass is 35.5. The van der Waals surface area contributed by atoms with Gasteiger partial charge in [0.1, 0.15) is 0 Å². The Morgan fingerprint density at radius 1 is 0.875 bits per heavy atom. The minimum atomic E-state index is 0.389. The fourth-order valence-corrected chi connectivity index (χ4v) is 3.47. The lowest BCUT2D eigenvalue weighted by Gasteiger charge is -2.37. The summed E-state index contributed by atoms with van der Waals surface area (Å²) in [5, 5.41) is 14.5. The van der Waals surface area contributed by atoms with E-state index in [9.17, 15) is 5.21 Å². The van der Waals surface area contributed by atoms with Crippen LogP contribution in [0.1, 0.15) is 5.56 Å². The van der Waals surface area contributed by atoms with E-state index >= 15 is 0 Å². The lowest BCUT2D eigenvalue weighted by Crippen LogP contribution is -2.49. The molecule has 7 heteroatoms. The van der Waals surface area contributed by atoms with Gasteiger partial charge in [0.15, 0.2) is 5.84 Å². The van der Waals surface area contributed by atoms with Crippen LogP contribution in [0.4, 0.5) is 5.69 Å². The van der Waals surface area contributed by atoms with Gasteiger partial charge in [-0.15, -0.1) is 0 Å². The van der Waals surface area contributed by atoms with Crippen LogP contribution in [0.3, 0.4) is 0 Å². The van der Waals surface area contributed by atoms with Crippen LogP contribution in [0.25, 0.3) is 0 Å². The number of halogens is 3. The molecule has 2 aromatic carbocycles. The molecule has 0 atom stereocenters. The number of amidine groups is 1. The van der Waals surface area contributed by atoms with Crippen LogP contribution in [0.2, 0.25) is 15.1 Å². The van der Waals surface area contributed by atoms with E-state index in [1.807, 2.05) is 29.2 Å². The number of nitrogens with zero attached hydrogens (tertiary/aromatic N) is 3. The van der Waals surface area contributed by atoms with Crippen molar-refractivity contribution in [2.45, 2.75) is 0 Å². The first-order chi connectivity index (χ1) is 11.6. The molecule has 126 valence electrons. The highest BCUT2D eigenvalue weighted by Gasteiger charge is 2.24. The molecule has 0 amide bonds. The van der Waals surface area contributed by atoms with Crippen molar-refractivity contribution < 1.29 is 5.21 Å². The Balaban J connectivity index is 1.76. The summed E-state index contributed by atoms with van der Waals surface area (Å²) in [7, 11) is 0. The van der Waals surface area contributed by atoms with Gasteiger partial charge in [-0.05, 0) is 24.3 Å². The van der Waals surface area contributed by atoms with Gasteiger partial charge in [-0.1, -0.05) is 58.2 Å². The molecule has 0 saturated carbocycles. The molecule has 1 heterocycles. The van der Waals surface area contributed by atoms with Crippen LogP contribution in [-0.4, -0.2) is 42.1 Å². The summed E-state index contributed by atoms with van der Waals surface area (Å²) in [6, 6.07) is 13.1. The number of hydrogen-bond acceptors (Lipinski definition) is 3. The topological polar surface area (TPSA) is 39.1 Å². The van der Waals surface area contributed by atoms with E-state index in [1.54, 1.807) is 18.2 Å². The second-order valence-corrected chi connectivity index (χ2v) is 6.64. The molecule has 0 spiro atoms. The van der Waals surface area contributed by atoms with Gasteiger partial charge in [-0.25, -0.2) is 0 Å². The molecule has 1 fully saturated rings. The Bertz CT molecular complexity index is 758. The molecular weight excluding hydrogens is 369 g/mol. The summed E-state index contributed by atoms with van der Waals surface area (Å²) in [5.41, 5.74) is 1.64. The van der Waals surface area contributed by atoms with Crippen molar-refractivity contribution in [3.05, 3.63) is 63.1 Å². The maximum atomic E-state index is 9.48. The van der Waals surface area contributed by atoms with Crippen LogP contribution >= 0.6 is 34.8 Å². The van der Waals surface area contributed by atoms with Crippen molar-refractivity contribution in [1.29, 1.82) is 0 Å². The number of para-hydroxylation sites is 1. The Morgan fingerprint density at radius 3 is 2.21 bits per heavy atom. The maximum absolute atomic E-state index is 9.48. The number of anilines is 1. The molecule has 0 unspecified atom stereocenters. The summed E-state index contributed by atoms with van der Waals surface area (Å²) in [6.07, 6.45) is 0. The van der Waals surface area contributed by atoms with Crippen molar-refractivity contribution in [2.24, 2.45) is 5.16 Å². The normalized spacial score (nSPS) is 15.7. The average molecular weight is 385 g/mol. The molecule has 0 aliphatic carbocycles. The Hall–Kier alpha value is -1.62. The minimum Gasteiger partial charge on any atom is -0.409 e. The van der Waals surface area contributed by atoms with E-state index in [4.69, 9.17) is 34.8 Å². The molecule has 1 N–H and O–H groups in total. The largest absolute Gasteiger partial charge is 0.409 e. The van der Waals surface area contributed by atoms with E-state index in [1.165, 1.54) is 0 Å². The first-order valence-corrected chi connectivity index (χ1v) is 8.66. The van der Waals surface area contributed by atoms with Crippen molar-refractivity contribution in [3.8, 4) is 0 Å². The van der Waals surface area contributed by atoms with Gasteiger partial charge >= 0.3 is 0 Å². The van der Waals surface area contributed by atoms with Crippen molar-refractivity contribution in [1.82, 2.24) is 4.90 Å². The van der Waals surface area contributed by atoms with Gasteiger partial charge in [0.2, 0.25) is 0 Å². The summed E-state index contributed by atoms with van der Waals surface area (Å²) in [5.74, 6) is 0.432. The van der Waals surface area contributed by atoms with Crippen LogP contribution in [0.15, 0.2) is 47.6 Å². The van der Waals surface area contributed by atoms with Crippen LogP contribution in [0.5, 0.6) is 0 Å². The third kappa shape index (κ3) is 3.41. The van der Waals surface area contributed by atoms with E-state index in [-0.39, 0.29) is 0 Å². The summed E-state index contributed by atoms with van der Waals surface area (Å²) >= 11 is 18.6. The lowest BCUT2D eigenvalue weighted by atomic mass is 10.1. The number of benzene rings is 2. The third-order valence-electron chi connectivity index (χ3n) is 4.06. The van der Waals surface area contributed by atoms with Crippen molar-refractivity contribution in [3.63, 3.8) is 0 Å². The second-order valence-electron chi connectivity index (χ2n) is 5.45. The second kappa shape index (κ2) is 7.51. The predicted molar refractivity (Wildman–Crippen MR) is 100 cm³/mol. The fourth-order valence-electron chi connectivity index (χ4n) is 2.83.